The molecule has 11 heteroatoms. The van der Waals surface area contributed by atoms with Crippen molar-refractivity contribution in [3.05, 3.63) is 103 Å². The van der Waals surface area contributed by atoms with Crippen LogP contribution in [0.3, 0.4) is 0 Å². The Kier molecular flexibility index (Phi) is 6.80. The van der Waals surface area contributed by atoms with E-state index in [-0.39, 0.29) is 11.4 Å². The van der Waals surface area contributed by atoms with Crippen LogP contribution < -0.4 is 19.7 Å². The first kappa shape index (κ1) is 25.6. The highest BCUT2D eigenvalue weighted by Crippen LogP contribution is 2.40. The molecule has 2 heterocycles. The second-order valence-corrected chi connectivity index (χ2v) is 8.40. The molecule has 0 aliphatic carbocycles. The quantitative estimate of drug-likeness (QED) is 0.216. The monoisotopic (exact) mass is 536 g/mol. The van der Waals surface area contributed by atoms with Crippen LogP contribution in [0, 0.1) is 5.82 Å². The first-order valence-corrected chi connectivity index (χ1v) is 11.6. The summed E-state index contributed by atoms with van der Waals surface area (Å²) < 4.78 is 65.7. The summed E-state index contributed by atoms with van der Waals surface area (Å²) in [6.45, 7) is 0. The Hall–Kier alpha value is -5.06. The summed E-state index contributed by atoms with van der Waals surface area (Å²) in [5.41, 5.74) is -0.00580. The van der Waals surface area contributed by atoms with Crippen molar-refractivity contribution in [2.24, 2.45) is 0 Å². The molecular weight excluding hydrogens is 516 g/mol. The molecule has 2 amide bonds. The van der Waals surface area contributed by atoms with E-state index in [2.05, 4.69) is 15.3 Å². The highest BCUT2D eigenvalue weighted by atomic mass is 19.4. The minimum absolute atomic E-state index is 0.0144. The molecule has 5 aromatic rings. The van der Waals surface area contributed by atoms with Crippen molar-refractivity contribution in [3.8, 4) is 23.0 Å². The molecule has 0 fully saturated rings. The summed E-state index contributed by atoms with van der Waals surface area (Å²) in [5.74, 6) is 0.130. The van der Waals surface area contributed by atoms with Gasteiger partial charge in [-0.15, -0.1) is 0 Å². The van der Waals surface area contributed by atoms with Crippen LogP contribution in [0.1, 0.15) is 5.56 Å². The molecule has 39 heavy (non-hydrogen) atoms. The molecule has 0 spiro atoms. The molecule has 0 atom stereocenters. The molecule has 0 unspecified atom stereocenters. The van der Waals surface area contributed by atoms with E-state index in [9.17, 15) is 22.4 Å². The average molecular weight is 536 g/mol. The Labute approximate surface area is 219 Å². The maximum Gasteiger partial charge on any atom is 0.420 e. The number of H-pyrrole nitrogens is 1. The number of ether oxygens (including phenoxy) is 2. The summed E-state index contributed by atoms with van der Waals surface area (Å²) in [7, 11) is 1.34. The van der Waals surface area contributed by atoms with Crippen LogP contribution >= 0.6 is 0 Å². The Bertz CT molecular complexity index is 1620. The van der Waals surface area contributed by atoms with Gasteiger partial charge in [-0.2, -0.15) is 13.2 Å². The smallest absolute Gasteiger partial charge is 0.420 e. The lowest BCUT2D eigenvalue weighted by molar-refractivity contribution is -0.138. The number of aromatic amines is 1. The van der Waals surface area contributed by atoms with Gasteiger partial charge in [-0.05, 0) is 78.9 Å². The molecular formula is C28H20F4N4O3. The summed E-state index contributed by atoms with van der Waals surface area (Å²) >= 11 is 0. The number of fused-ring (bicyclic) bond motifs is 1. The second kappa shape index (κ2) is 10.4. The number of nitrogens with zero attached hydrogens (tertiary/aromatic N) is 2. The Morgan fingerprint density at radius 2 is 1.56 bits per heavy atom. The van der Waals surface area contributed by atoms with Crippen molar-refractivity contribution in [3.63, 3.8) is 0 Å². The minimum atomic E-state index is -4.76. The van der Waals surface area contributed by atoms with E-state index in [1.807, 2.05) is 6.07 Å². The fraction of sp³-hybridized carbons (Fsp3) is 0.0714. The molecule has 7 nitrogen and oxygen atoms in total. The van der Waals surface area contributed by atoms with Gasteiger partial charge in [0.25, 0.3) is 0 Å². The van der Waals surface area contributed by atoms with Gasteiger partial charge >= 0.3 is 12.2 Å². The molecule has 3 aromatic carbocycles. The summed E-state index contributed by atoms with van der Waals surface area (Å²) in [4.78, 5) is 21.1. The Balaban J connectivity index is 1.29. The van der Waals surface area contributed by atoms with Gasteiger partial charge in [-0.3, -0.25) is 4.90 Å². The number of pyridine rings is 1. The summed E-state index contributed by atoms with van der Waals surface area (Å²) in [6, 6.07) is 17.3. The van der Waals surface area contributed by atoms with Gasteiger partial charge in [0.15, 0.2) is 0 Å². The first-order valence-electron chi connectivity index (χ1n) is 11.6. The zero-order chi connectivity index (χ0) is 27.6. The molecule has 2 N–H and O–H groups in total. The predicted molar refractivity (Wildman–Crippen MR) is 138 cm³/mol. The maximum atomic E-state index is 13.8. The number of anilines is 2. The Morgan fingerprint density at radius 3 is 2.26 bits per heavy atom. The number of alkyl halides is 3. The fourth-order valence-electron chi connectivity index (χ4n) is 3.75. The topological polar surface area (TPSA) is 79.5 Å². The number of nitrogens with one attached hydrogen (secondary N) is 2. The zero-order valence-corrected chi connectivity index (χ0v) is 20.3. The number of carbonyl (C=O) groups excluding carboxylic acids is 1. The van der Waals surface area contributed by atoms with Crippen molar-refractivity contribution >= 4 is 28.4 Å². The number of hydrogen-bond acceptors (Lipinski definition) is 4. The average Bonchev–Trinajstić information content (AvgIpc) is 3.40. The molecule has 0 bridgehead atoms. The van der Waals surface area contributed by atoms with Crippen LogP contribution in [0.2, 0.25) is 0 Å². The molecule has 0 saturated carbocycles. The number of urea groups is 1. The van der Waals surface area contributed by atoms with Gasteiger partial charge in [0.2, 0.25) is 0 Å². The third-order valence-corrected chi connectivity index (χ3v) is 5.76. The van der Waals surface area contributed by atoms with E-state index in [1.165, 1.54) is 25.2 Å². The highest BCUT2D eigenvalue weighted by molar-refractivity contribution is 6.01. The molecule has 0 saturated heterocycles. The lowest BCUT2D eigenvalue weighted by Crippen LogP contribution is -2.31. The van der Waals surface area contributed by atoms with Gasteiger partial charge in [-0.1, -0.05) is 0 Å². The van der Waals surface area contributed by atoms with Crippen molar-refractivity contribution in [2.45, 2.75) is 6.18 Å². The Morgan fingerprint density at radius 1 is 0.897 bits per heavy atom. The van der Waals surface area contributed by atoms with Crippen LogP contribution in [0.5, 0.6) is 23.0 Å². The first-order chi connectivity index (χ1) is 18.7. The minimum Gasteiger partial charge on any atom is -0.457 e. The number of aromatic nitrogens is 2. The van der Waals surface area contributed by atoms with Gasteiger partial charge in [0.05, 0.1) is 5.39 Å². The van der Waals surface area contributed by atoms with E-state index in [1.54, 1.807) is 42.7 Å². The van der Waals surface area contributed by atoms with Crippen molar-refractivity contribution in [2.75, 3.05) is 17.3 Å². The highest BCUT2D eigenvalue weighted by Gasteiger charge is 2.35. The predicted octanol–water partition coefficient (Wildman–Crippen LogP) is 7.97. The lowest BCUT2D eigenvalue weighted by atomic mass is 10.1. The van der Waals surface area contributed by atoms with Gasteiger partial charge in [-0.25, -0.2) is 14.2 Å². The van der Waals surface area contributed by atoms with Gasteiger partial charge in [0.1, 0.15) is 40.0 Å². The fourth-order valence-corrected chi connectivity index (χ4v) is 3.75. The number of carbonyl (C=O) groups is 1. The molecule has 0 radical (unpaired) electrons. The molecule has 2 aromatic heterocycles. The van der Waals surface area contributed by atoms with Crippen LogP contribution in [-0.2, 0) is 6.18 Å². The van der Waals surface area contributed by atoms with Crippen molar-refractivity contribution in [1.82, 2.24) is 9.97 Å². The lowest BCUT2D eigenvalue weighted by Gasteiger charge is -2.21. The molecule has 0 aliphatic rings. The normalized spacial score (nSPS) is 11.3. The summed E-state index contributed by atoms with van der Waals surface area (Å²) in [5, 5.41) is 3.45. The van der Waals surface area contributed by atoms with Crippen molar-refractivity contribution < 1.29 is 31.8 Å². The van der Waals surface area contributed by atoms with E-state index in [4.69, 9.17) is 9.47 Å². The van der Waals surface area contributed by atoms with Crippen LogP contribution in [0.15, 0.2) is 91.3 Å². The third kappa shape index (κ3) is 5.77. The summed E-state index contributed by atoms with van der Waals surface area (Å²) in [6.07, 6.45) is -1.40. The van der Waals surface area contributed by atoms with Crippen molar-refractivity contribution in [1.29, 1.82) is 0 Å². The third-order valence-electron chi connectivity index (χ3n) is 5.76. The maximum absolute atomic E-state index is 13.8. The van der Waals surface area contributed by atoms with Gasteiger partial charge < -0.3 is 19.8 Å². The van der Waals surface area contributed by atoms with Crippen LogP contribution in [0.25, 0.3) is 11.0 Å². The van der Waals surface area contributed by atoms with Gasteiger partial charge in [0, 0.05) is 30.8 Å². The SMILES string of the molecule is CN(C(=O)Nc1ccc(Oc2ccnc3[nH]ccc23)cc1)c1ccc(Oc2ccc(F)cc2)c(C(F)(F)F)c1. The van der Waals surface area contributed by atoms with E-state index in [0.29, 0.717) is 22.8 Å². The molecule has 5 rings (SSSR count). The second-order valence-electron chi connectivity index (χ2n) is 8.40. The van der Waals surface area contributed by atoms with E-state index >= 15 is 0 Å². The largest absolute Gasteiger partial charge is 0.457 e. The number of benzene rings is 3. The number of amides is 2. The number of hydrogen-bond donors (Lipinski definition) is 2. The van der Waals surface area contributed by atoms with E-state index < -0.39 is 29.3 Å². The number of rotatable bonds is 6. The van der Waals surface area contributed by atoms with E-state index in [0.717, 1.165) is 34.6 Å². The molecule has 198 valence electrons. The zero-order valence-electron chi connectivity index (χ0n) is 20.3. The van der Waals surface area contributed by atoms with Crippen LogP contribution in [-0.4, -0.2) is 23.0 Å². The standard InChI is InChI=1S/C28H20F4N4O3/c1-36(19-6-11-25(23(16-19)28(30,31)32)39-20-7-2-17(29)3-8-20)27(37)35-18-4-9-21(10-5-18)38-24-13-15-34-26-22(24)12-14-33-26/h2-16H,1H3,(H,33,34)(H,35,37). The molecule has 0 aliphatic heterocycles. The number of halogens is 4. The van der Waals surface area contributed by atoms with Crippen LogP contribution in [0.4, 0.5) is 33.7 Å².